The van der Waals surface area contributed by atoms with Crippen molar-refractivity contribution >= 4 is 17.6 Å². The number of carboxylic acids is 1. The van der Waals surface area contributed by atoms with E-state index in [0.717, 1.165) is 18.2 Å². The molecule has 2 aromatic rings. The summed E-state index contributed by atoms with van der Waals surface area (Å²) in [7, 11) is 0. The van der Waals surface area contributed by atoms with E-state index in [1.807, 2.05) is 0 Å². The second-order valence-electron chi connectivity index (χ2n) is 3.62. The van der Waals surface area contributed by atoms with Crippen LogP contribution in [0.5, 0.6) is 0 Å². The summed E-state index contributed by atoms with van der Waals surface area (Å²) in [5, 5.41) is 8.88. The van der Waals surface area contributed by atoms with E-state index in [2.05, 4.69) is 0 Å². The Morgan fingerprint density at radius 3 is 2.44 bits per heavy atom. The highest BCUT2D eigenvalue weighted by Gasteiger charge is 2.13. The Bertz CT molecular complexity index is 626. The molecule has 0 radical (unpaired) electrons. The number of rotatable bonds is 2. The summed E-state index contributed by atoms with van der Waals surface area (Å²) in [4.78, 5) is 11.0. The molecule has 92 valence electrons. The number of halogens is 3. The molecule has 0 aromatic heterocycles. The average Bonchev–Trinajstić information content (AvgIpc) is 2.32. The summed E-state index contributed by atoms with van der Waals surface area (Å²) >= 11 is 5.63. The third kappa shape index (κ3) is 2.33. The molecule has 0 heterocycles. The third-order valence-corrected chi connectivity index (χ3v) is 2.73. The fourth-order valence-corrected chi connectivity index (χ4v) is 1.79. The molecule has 2 nitrogen and oxygen atoms in total. The quantitative estimate of drug-likeness (QED) is 0.894. The van der Waals surface area contributed by atoms with Crippen LogP contribution in [-0.2, 0) is 0 Å². The van der Waals surface area contributed by atoms with Crippen LogP contribution in [0, 0.1) is 11.6 Å². The van der Waals surface area contributed by atoms with E-state index in [1.54, 1.807) is 0 Å². The number of carboxylic acid groups (broad SMARTS) is 1. The van der Waals surface area contributed by atoms with Crippen LogP contribution in [0.4, 0.5) is 8.78 Å². The van der Waals surface area contributed by atoms with E-state index < -0.39 is 17.6 Å². The summed E-state index contributed by atoms with van der Waals surface area (Å²) in [6, 6.07) is 7.19. The fraction of sp³-hybridized carbons (Fsp3) is 0. The first kappa shape index (κ1) is 12.5. The van der Waals surface area contributed by atoms with Gasteiger partial charge in [-0.05, 0) is 35.4 Å². The molecule has 2 rings (SSSR count). The highest BCUT2D eigenvalue weighted by Crippen LogP contribution is 2.28. The second-order valence-corrected chi connectivity index (χ2v) is 4.03. The molecule has 18 heavy (non-hydrogen) atoms. The molecule has 1 N–H and O–H groups in total. The van der Waals surface area contributed by atoms with Crippen LogP contribution in [0.25, 0.3) is 11.1 Å². The molecular formula is C13H7ClF2O2. The minimum absolute atomic E-state index is 0.117. The molecule has 0 saturated carbocycles. The second kappa shape index (κ2) is 4.74. The maximum atomic E-state index is 13.0. The van der Waals surface area contributed by atoms with Crippen molar-refractivity contribution in [3.63, 3.8) is 0 Å². The predicted octanol–water partition coefficient (Wildman–Crippen LogP) is 3.98. The monoisotopic (exact) mass is 268 g/mol. The number of benzene rings is 2. The van der Waals surface area contributed by atoms with Gasteiger partial charge in [0.2, 0.25) is 0 Å². The standard InChI is InChI=1S/C13H7ClF2O2/c14-11-5-7(1-4-12(11)16)9-3-2-8(15)6-10(9)13(17)18/h1-6H,(H,17,18). The minimum atomic E-state index is -1.26. The van der Waals surface area contributed by atoms with Gasteiger partial charge in [-0.3, -0.25) is 0 Å². The van der Waals surface area contributed by atoms with E-state index in [4.69, 9.17) is 16.7 Å². The van der Waals surface area contributed by atoms with Gasteiger partial charge >= 0.3 is 5.97 Å². The van der Waals surface area contributed by atoms with Crippen LogP contribution in [-0.4, -0.2) is 11.1 Å². The molecule has 5 heteroatoms. The third-order valence-electron chi connectivity index (χ3n) is 2.44. The molecule has 2 aromatic carbocycles. The topological polar surface area (TPSA) is 37.3 Å². The Labute approximate surface area is 106 Å². The van der Waals surface area contributed by atoms with Crippen LogP contribution < -0.4 is 0 Å². The highest BCUT2D eigenvalue weighted by atomic mass is 35.5. The van der Waals surface area contributed by atoms with Crippen molar-refractivity contribution in [3.05, 3.63) is 58.6 Å². The highest BCUT2D eigenvalue weighted by molar-refractivity contribution is 6.31. The van der Waals surface area contributed by atoms with Gasteiger partial charge < -0.3 is 5.11 Å². The van der Waals surface area contributed by atoms with Crippen molar-refractivity contribution in [2.24, 2.45) is 0 Å². The first-order valence-electron chi connectivity index (χ1n) is 4.97. The van der Waals surface area contributed by atoms with Crippen LogP contribution in [0.2, 0.25) is 5.02 Å². The minimum Gasteiger partial charge on any atom is -0.478 e. The predicted molar refractivity (Wildman–Crippen MR) is 63.8 cm³/mol. The van der Waals surface area contributed by atoms with E-state index >= 15 is 0 Å². The lowest BCUT2D eigenvalue weighted by molar-refractivity contribution is 0.0697. The van der Waals surface area contributed by atoms with Gasteiger partial charge in [-0.2, -0.15) is 0 Å². The number of hydrogen-bond donors (Lipinski definition) is 1. The van der Waals surface area contributed by atoms with Crippen LogP contribution in [0.15, 0.2) is 36.4 Å². The van der Waals surface area contributed by atoms with Crippen LogP contribution >= 0.6 is 11.6 Å². The largest absolute Gasteiger partial charge is 0.478 e. The first-order chi connectivity index (χ1) is 8.49. The number of carbonyl (C=O) groups is 1. The average molecular weight is 269 g/mol. The van der Waals surface area contributed by atoms with Gasteiger partial charge in [0, 0.05) is 0 Å². The van der Waals surface area contributed by atoms with Gasteiger partial charge in [-0.15, -0.1) is 0 Å². The van der Waals surface area contributed by atoms with Gasteiger partial charge in [0.05, 0.1) is 10.6 Å². The molecule has 0 spiro atoms. The Morgan fingerprint density at radius 2 is 1.83 bits per heavy atom. The van der Waals surface area contributed by atoms with E-state index in [-0.39, 0.29) is 16.1 Å². The summed E-state index contributed by atoms with van der Waals surface area (Å²) in [6.45, 7) is 0. The number of hydrogen-bond acceptors (Lipinski definition) is 1. The lowest BCUT2D eigenvalue weighted by atomic mass is 9.99. The summed E-state index contributed by atoms with van der Waals surface area (Å²) in [5.74, 6) is -2.51. The molecule has 0 aliphatic carbocycles. The number of aromatic carboxylic acids is 1. The Kier molecular flexibility index (Phi) is 3.30. The molecule has 0 fully saturated rings. The van der Waals surface area contributed by atoms with Gasteiger partial charge in [0.15, 0.2) is 0 Å². The maximum absolute atomic E-state index is 13.0. The Morgan fingerprint density at radius 1 is 1.11 bits per heavy atom. The molecule has 0 unspecified atom stereocenters. The van der Waals surface area contributed by atoms with Gasteiger partial charge in [0.1, 0.15) is 11.6 Å². The van der Waals surface area contributed by atoms with Gasteiger partial charge in [-0.25, -0.2) is 13.6 Å². The van der Waals surface area contributed by atoms with E-state index in [0.29, 0.717) is 5.56 Å². The van der Waals surface area contributed by atoms with Crippen molar-refractivity contribution < 1.29 is 18.7 Å². The molecule has 0 amide bonds. The molecule has 0 saturated heterocycles. The lowest BCUT2D eigenvalue weighted by Crippen LogP contribution is -2.00. The van der Waals surface area contributed by atoms with Crippen molar-refractivity contribution in [1.29, 1.82) is 0 Å². The molecule has 0 aliphatic heterocycles. The molecule has 0 aliphatic rings. The smallest absolute Gasteiger partial charge is 0.336 e. The molecular weight excluding hydrogens is 262 g/mol. The SMILES string of the molecule is O=C(O)c1cc(F)ccc1-c1ccc(F)c(Cl)c1. The van der Waals surface area contributed by atoms with Crippen molar-refractivity contribution in [3.8, 4) is 11.1 Å². The van der Waals surface area contributed by atoms with Gasteiger partial charge in [-0.1, -0.05) is 23.7 Å². The lowest BCUT2D eigenvalue weighted by Gasteiger charge is -2.07. The Balaban J connectivity index is 2.63. The normalized spacial score (nSPS) is 10.4. The van der Waals surface area contributed by atoms with Gasteiger partial charge in [0.25, 0.3) is 0 Å². The van der Waals surface area contributed by atoms with Crippen molar-refractivity contribution in [2.45, 2.75) is 0 Å². The summed E-state index contributed by atoms with van der Waals surface area (Å²) in [6.07, 6.45) is 0. The zero-order valence-electron chi connectivity index (χ0n) is 8.95. The zero-order valence-corrected chi connectivity index (χ0v) is 9.71. The van der Waals surface area contributed by atoms with E-state index in [9.17, 15) is 13.6 Å². The fourth-order valence-electron chi connectivity index (χ4n) is 1.61. The molecule has 0 atom stereocenters. The van der Waals surface area contributed by atoms with Crippen LogP contribution in [0.1, 0.15) is 10.4 Å². The maximum Gasteiger partial charge on any atom is 0.336 e. The first-order valence-corrected chi connectivity index (χ1v) is 5.35. The summed E-state index contributed by atoms with van der Waals surface area (Å²) in [5.41, 5.74) is 0.502. The molecule has 0 bridgehead atoms. The summed E-state index contributed by atoms with van der Waals surface area (Å²) < 4.78 is 26.0. The van der Waals surface area contributed by atoms with Crippen molar-refractivity contribution in [1.82, 2.24) is 0 Å². The Hall–Kier alpha value is -1.94. The zero-order chi connectivity index (χ0) is 13.3. The van der Waals surface area contributed by atoms with Crippen molar-refractivity contribution in [2.75, 3.05) is 0 Å². The van der Waals surface area contributed by atoms with Crippen LogP contribution in [0.3, 0.4) is 0 Å². The van der Waals surface area contributed by atoms with E-state index in [1.165, 1.54) is 18.2 Å².